The number of hydrogen-bond acceptors (Lipinski definition) is 5. The number of piperidine rings is 1. The lowest BCUT2D eigenvalue weighted by molar-refractivity contribution is 0.181. The number of fused-ring (bicyclic) bond motifs is 4. The molecule has 0 radical (unpaired) electrons. The van der Waals surface area contributed by atoms with Crippen LogP contribution in [0.3, 0.4) is 0 Å². The zero-order chi connectivity index (χ0) is 20.1. The van der Waals surface area contributed by atoms with E-state index >= 15 is 0 Å². The molecule has 3 saturated heterocycles. The first-order valence-corrected chi connectivity index (χ1v) is 10.7. The van der Waals surface area contributed by atoms with Crippen LogP contribution in [0.2, 0.25) is 0 Å². The van der Waals surface area contributed by atoms with Crippen molar-refractivity contribution in [1.29, 1.82) is 5.26 Å². The van der Waals surface area contributed by atoms with Crippen LogP contribution in [0, 0.1) is 28.6 Å². The van der Waals surface area contributed by atoms with Gasteiger partial charge in [0.25, 0.3) is 0 Å². The van der Waals surface area contributed by atoms with Crippen molar-refractivity contribution in [3.05, 3.63) is 24.3 Å². The zero-order valence-corrected chi connectivity index (χ0v) is 17.6. The summed E-state index contributed by atoms with van der Waals surface area (Å²) in [7, 11) is 0. The summed E-state index contributed by atoms with van der Waals surface area (Å²) in [6, 6.07) is 11.3. The van der Waals surface area contributed by atoms with Gasteiger partial charge in [0.2, 0.25) is 0 Å². The number of anilines is 1. The van der Waals surface area contributed by atoms with Crippen LogP contribution in [0.5, 0.6) is 5.75 Å². The molecule has 0 saturated carbocycles. The lowest BCUT2D eigenvalue weighted by Gasteiger charge is -2.48. The molecule has 3 aliphatic heterocycles. The van der Waals surface area contributed by atoms with Gasteiger partial charge in [-0.2, -0.15) is 5.26 Å². The zero-order valence-electron chi connectivity index (χ0n) is 17.6. The third kappa shape index (κ3) is 4.79. The Morgan fingerprint density at radius 2 is 2.00 bits per heavy atom. The molecule has 1 unspecified atom stereocenters. The Hall–Kier alpha value is -1.77. The summed E-state index contributed by atoms with van der Waals surface area (Å²) in [6.45, 7) is 11.8. The molecule has 0 aromatic heterocycles. The third-order valence-electron chi connectivity index (χ3n) is 6.41. The summed E-state index contributed by atoms with van der Waals surface area (Å²) in [5, 5.41) is 18.5. The predicted molar refractivity (Wildman–Crippen MR) is 112 cm³/mol. The average molecular weight is 386 g/mol. The summed E-state index contributed by atoms with van der Waals surface area (Å²) >= 11 is 0. The van der Waals surface area contributed by atoms with Gasteiger partial charge in [0.05, 0.1) is 12.7 Å². The largest absolute Gasteiger partial charge is 0.494 e. The Kier molecular flexibility index (Phi) is 6.85. The van der Waals surface area contributed by atoms with Gasteiger partial charge in [-0.3, -0.25) is 0 Å². The van der Waals surface area contributed by atoms with Crippen LogP contribution in [0.15, 0.2) is 24.3 Å². The smallest absolute Gasteiger partial charge is 0.119 e. The fourth-order valence-corrected chi connectivity index (χ4v) is 5.19. The number of aliphatic hydroxyl groups excluding tert-OH is 1. The quantitative estimate of drug-likeness (QED) is 0.742. The van der Waals surface area contributed by atoms with Gasteiger partial charge in [0.1, 0.15) is 5.75 Å². The molecule has 1 aromatic carbocycles. The lowest BCUT2D eigenvalue weighted by atomic mass is 9.73. The van der Waals surface area contributed by atoms with E-state index < -0.39 is 0 Å². The van der Waals surface area contributed by atoms with E-state index in [2.05, 4.69) is 54.0 Å². The normalized spacial score (nSPS) is 25.2. The Morgan fingerprint density at radius 3 is 2.64 bits per heavy atom. The molecule has 4 rings (SSSR count). The fraction of sp³-hybridized carbons (Fsp3) is 0.696. The second-order valence-electron chi connectivity index (χ2n) is 9.11. The first kappa shape index (κ1) is 21.0. The van der Waals surface area contributed by atoms with E-state index in [0.29, 0.717) is 31.4 Å². The highest BCUT2D eigenvalue weighted by Gasteiger charge is 2.45. The second kappa shape index (κ2) is 9.15. The second-order valence-corrected chi connectivity index (χ2v) is 9.11. The van der Waals surface area contributed by atoms with Crippen molar-refractivity contribution >= 4 is 5.69 Å². The van der Waals surface area contributed by atoms with Crippen LogP contribution in [-0.2, 0) is 0 Å². The number of hydrogen-bond donors (Lipinski definition) is 1. The lowest BCUT2D eigenvalue weighted by Crippen LogP contribution is -2.54. The van der Waals surface area contributed by atoms with Gasteiger partial charge in [-0.15, -0.1) is 0 Å². The molecule has 5 heteroatoms. The Labute approximate surface area is 169 Å². The van der Waals surface area contributed by atoms with E-state index in [1.807, 2.05) is 6.92 Å². The maximum Gasteiger partial charge on any atom is 0.119 e. The summed E-state index contributed by atoms with van der Waals surface area (Å²) in [5.74, 6) is 1.81. The van der Waals surface area contributed by atoms with E-state index in [-0.39, 0.29) is 17.9 Å². The fourth-order valence-electron chi connectivity index (χ4n) is 5.19. The van der Waals surface area contributed by atoms with Crippen molar-refractivity contribution in [2.75, 3.05) is 44.3 Å². The molecule has 1 N–H and O–H groups in total. The van der Waals surface area contributed by atoms with Crippen LogP contribution >= 0.6 is 0 Å². The minimum absolute atomic E-state index is 0.164. The molecule has 3 fully saturated rings. The van der Waals surface area contributed by atoms with Crippen LogP contribution < -0.4 is 9.64 Å². The maximum absolute atomic E-state index is 9.35. The number of nitriles is 1. The molecule has 154 valence electrons. The van der Waals surface area contributed by atoms with Gasteiger partial charge in [-0.25, -0.2) is 0 Å². The first-order valence-electron chi connectivity index (χ1n) is 10.7. The van der Waals surface area contributed by atoms with Crippen molar-refractivity contribution < 1.29 is 9.84 Å². The maximum atomic E-state index is 9.35. The molecule has 3 atom stereocenters. The molecule has 1 aromatic rings. The van der Waals surface area contributed by atoms with Crippen molar-refractivity contribution in [2.24, 2.45) is 17.3 Å². The summed E-state index contributed by atoms with van der Waals surface area (Å²) in [4.78, 5) is 5.14. The van der Waals surface area contributed by atoms with Crippen molar-refractivity contribution in [2.45, 2.75) is 46.1 Å². The summed E-state index contributed by atoms with van der Waals surface area (Å²) in [6.07, 6.45) is 2.48. The van der Waals surface area contributed by atoms with Crippen LogP contribution in [0.4, 0.5) is 5.69 Å². The first-order chi connectivity index (χ1) is 13.5. The number of nitrogens with zero attached hydrogens (tertiary/aromatic N) is 3. The van der Waals surface area contributed by atoms with E-state index in [1.165, 1.54) is 12.1 Å². The molecule has 2 bridgehead atoms. The molecule has 5 nitrogen and oxygen atoms in total. The SMILES string of the molecule is CCOc1ccc(N2C[C@H]3CN(CC(CC#N)CCO)C[C@@H]2C(C)(C)C3)cc1. The van der Waals surface area contributed by atoms with Gasteiger partial charge in [-0.05, 0) is 61.3 Å². The summed E-state index contributed by atoms with van der Waals surface area (Å²) < 4.78 is 5.61. The highest BCUT2D eigenvalue weighted by molar-refractivity contribution is 5.51. The number of aliphatic hydroxyl groups is 1. The van der Waals surface area contributed by atoms with Gasteiger partial charge in [-0.1, -0.05) is 13.8 Å². The van der Waals surface area contributed by atoms with Crippen LogP contribution in [0.25, 0.3) is 0 Å². The monoisotopic (exact) mass is 385 g/mol. The molecule has 0 spiro atoms. The average Bonchev–Trinajstić information content (AvgIpc) is 2.89. The van der Waals surface area contributed by atoms with E-state index in [0.717, 1.165) is 31.9 Å². The van der Waals surface area contributed by atoms with E-state index in [1.54, 1.807) is 0 Å². The molecular formula is C23H35N3O2. The number of benzene rings is 1. The van der Waals surface area contributed by atoms with Crippen molar-refractivity contribution in [1.82, 2.24) is 4.90 Å². The van der Waals surface area contributed by atoms with E-state index in [9.17, 15) is 5.11 Å². The molecule has 0 amide bonds. The molecule has 0 aliphatic carbocycles. The van der Waals surface area contributed by atoms with Gasteiger partial charge < -0.3 is 19.6 Å². The standard InChI is InChI=1S/C23H35N3O2/c1-4-28-21-7-5-20(6-8-21)26-16-19-13-23(2,3)22(26)17-25(15-19)14-18(9-11-24)10-12-27/h5-8,18-19,22,27H,4,9-10,12-17H2,1-3H3/t18?,19-,22-/m1/s1. The van der Waals surface area contributed by atoms with Crippen LogP contribution in [0.1, 0.15) is 40.0 Å². The minimum Gasteiger partial charge on any atom is -0.494 e. The Balaban J connectivity index is 1.78. The molecule has 3 heterocycles. The molecular weight excluding hydrogens is 350 g/mol. The van der Waals surface area contributed by atoms with Crippen molar-refractivity contribution in [3.63, 3.8) is 0 Å². The summed E-state index contributed by atoms with van der Waals surface area (Å²) in [5.41, 5.74) is 1.52. The van der Waals surface area contributed by atoms with E-state index in [4.69, 9.17) is 10.00 Å². The Morgan fingerprint density at radius 1 is 1.25 bits per heavy atom. The predicted octanol–water partition coefficient (Wildman–Crippen LogP) is 3.53. The molecule has 28 heavy (non-hydrogen) atoms. The van der Waals surface area contributed by atoms with Crippen molar-refractivity contribution in [3.8, 4) is 11.8 Å². The van der Waals surface area contributed by atoms with Gasteiger partial charge in [0, 0.05) is 50.9 Å². The Bertz CT molecular complexity index is 667. The minimum atomic E-state index is 0.164. The van der Waals surface area contributed by atoms with Gasteiger partial charge in [0.15, 0.2) is 0 Å². The topological polar surface area (TPSA) is 59.7 Å². The number of rotatable bonds is 8. The third-order valence-corrected chi connectivity index (χ3v) is 6.41. The highest BCUT2D eigenvalue weighted by atomic mass is 16.5. The van der Waals surface area contributed by atoms with Gasteiger partial charge >= 0.3 is 0 Å². The van der Waals surface area contributed by atoms with Crippen LogP contribution in [-0.4, -0.2) is 55.4 Å². The highest BCUT2D eigenvalue weighted by Crippen LogP contribution is 2.43. The number of ether oxygens (including phenoxy) is 1. The molecule has 3 aliphatic rings.